The number of rotatable bonds is 2. The van der Waals surface area contributed by atoms with Gasteiger partial charge >= 0.3 is 0 Å². The first-order valence-electron chi connectivity index (χ1n) is 4.76. The first-order chi connectivity index (χ1) is 7.56. The van der Waals surface area contributed by atoms with Crippen LogP contribution in [0.15, 0.2) is 6.20 Å². The number of nitrogens with zero attached hydrogens (tertiary/aromatic N) is 3. The third-order valence-corrected chi connectivity index (χ3v) is 2.84. The van der Waals surface area contributed by atoms with Crippen molar-refractivity contribution in [3.05, 3.63) is 16.5 Å². The molecule has 1 fully saturated rings. The van der Waals surface area contributed by atoms with Gasteiger partial charge in [-0.3, -0.25) is 4.79 Å². The molecule has 0 spiro atoms. The monoisotopic (exact) mass is 260 g/mol. The van der Waals surface area contributed by atoms with E-state index in [0.717, 1.165) is 0 Å². The molecule has 7 heteroatoms. The molecule has 0 unspecified atom stereocenters. The lowest BCUT2D eigenvalue weighted by atomic mass is 10.1. The number of carbonyl (C=O) groups is 1. The summed E-state index contributed by atoms with van der Waals surface area (Å²) in [6, 6.07) is 0.173. The lowest BCUT2D eigenvalue weighted by Gasteiger charge is -2.39. The molecular formula is C9H10Cl2N4O. The summed E-state index contributed by atoms with van der Waals surface area (Å²) in [4.78, 5) is 20.4. The molecule has 2 heterocycles. The summed E-state index contributed by atoms with van der Waals surface area (Å²) < 4.78 is 0. The van der Waals surface area contributed by atoms with E-state index in [4.69, 9.17) is 23.2 Å². The van der Waals surface area contributed by atoms with Crippen LogP contribution in [0.25, 0.3) is 0 Å². The highest BCUT2D eigenvalue weighted by Gasteiger charge is 2.29. The zero-order chi connectivity index (χ0) is 11.7. The predicted molar refractivity (Wildman–Crippen MR) is 61.7 cm³/mol. The molecule has 1 aromatic heterocycles. The Kier molecular flexibility index (Phi) is 3.16. The summed E-state index contributed by atoms with van der Waals surface area (Å²) in [6.45, 7) is 2.87. The fourth-order valence-electron chi connectivity index (χ4n) is 1.47. The summed E-state index contributed by atoms with van der Waals surface area (Å²) >= 11 is 11.5. The fourth-order valence-corrected chi connectivity index (χ4v) is 1.75. The van der Waals surface area contributed by atoms with E-state index in [-0.39, 0.29) is 17.2 Å². The van der Waals surface area contributed by atoms with Crippen molar-refractivity contribution in [2.45, 2.75) is 13.0 Å². The van der Waals surface area contributed by atoms with E-state index in [1.165, 1.54) is 6.20 Å². The second kappa shape index (κ2) is 4.43. The van der Waals surface area contributed by atoms with Crippen molar-refractivity contribution in [3.63, 3.8) is 0 Å². The molecule has 0 aliphatic carbocycles. The number of likely N-dealkylation sites (tertiary alicyclic amines) is 1. The van der Waals surface area contributed by atoms with E-state index in [1.807, 2.05) is 0 Å². The van der Waals surface area contributed by atoms with Gasteiger partial charge in [0.2, 0.25) is 11.2 Å². The Hall–Kier alpha value is -1.07. The van der Waals surface area contributed by atoms with Gasteiger partial charge in [0.05, 0.1) is 12.2 Å². The quantitative estimate of drug-likeness (QED) is 0.818. The molecule has 0 atom stereocenters. The van der Waals surface area contributed by atoms with Crippen LogP contribution in [0.1, 0.15) is 6.92 Å². The van der Waals surface area contributed by atoms with E-state index in [9.17, 15) is 4.79 Å². The van der Waals surface area contributed by atoms with Crippen molar-refractivity contribution >= 4 is 34.9 Å². The fraction of sp³-hybridized carbons (Fsp3) is 0.444. The molecule has 0 radical (unpaired) electrons. The number of hydrogen-bond donors (Lipinski definition) is 1. The van der Waals surface area contributed by atoms with Crippen molar-refractivity contribution in [1.29, 1.82) is 0 Å². The van der Waals surface area contributed by atoms with Crippen LogP contribution in [-0.2, 0) is 4.79 Å². The maximum atomic E-state index is 11.0. The van der Waals surface area contributed by atoms with Crippen LogP contribution in [0.2, 0.25) is 10.3 Å². The molecule has 1 N–H and O–H groups in total. The molecular weight excluding hydrogens is 251 g/mol. The van der Waals surface area contributed by atoms with Crippen LogP contribution in [0.4, 0.5) is 5.82 Å². The Bertz CT molecular complexity index is 420. The minimum absolute atomic E-state index is 0.0740. The molecule has 1 amide bonds. The lowest BCUT2D eigenvalue weighted by Crippen LogP contribution is -2.56. The van der Waals surface area contributed by atoms with Gasteiger partial charge in [0.1, 0.15) is 10.8 Å². The van der Waals surface area contributed by atoms with Gasteiger partial charge in [-0.05, 0) is 11.6 Å². The summed E-state index contributed by atoms with van der Waals surface area (Å²) in [5.41, 5.74) is 0. The predicted octanol–water partition coefficient (Wildman–Crippen LogP) is 1.43. The Labute approximate surface area is 103 Å². The minimum atomic E-state index is 0.0740. The highest BCUT2D eigenvalue weighted by Crippen LogP contribution is 2.22. The van der Waals surface area contributed by atoms with Gasteiger partial charge in [0, 0.05) is 20.0 Å². The first-order valence-corrected chi connectivity index (χ1v) is 5.52. The lowest BCUT2D eigenvalue weighted by molar-refractivity contribution is -0.132. The van der Waals surface area contributed by atoms with Crippen molar-refractivity contribution < 1.29 is 4.79 Å². The molecule has 86 valence electrons. The Balaban J connectivity index is 1.96. The van der Waals surface area contributed by atoms with Gasteiger partial charge in [0.25, 0.3) is 0 Å². The third-order valence-electron chi connectivity index (χ3n) is 2.38. The van der Waals surface area contributed by atoms with Crippen molar-refractivity contribution in [2.24, 2.45) is 0 Å². The van der Waals surface area contributed by atoms with Crippen LogP contribution in [0, 0.1) is 0 Å². The number of hydrogen-bond acceptors (Lipinski definition) is 4. The Morgan fingerprint density at radius 3 is 2.88 bits per heavy atom. The molecule has 0 bridgehead atoms. The number of anilines is 1. The largest absolute Gasteiger partial charge is 0.362 e. The minimum Gasteiger partial charge on any atom is -0.362 e. The first kappa shape index (κ1) is 11.4. The molecule has 5 nitrogen and oxygen atoms in total. The molecule has 0 saturated carbocycles. The van der Waals surface area contributed by atoms with E-state index >= 15 is 0 Å². The van der Waals surface area contributed by atoms with Gasteiger partial charge in [-0.2, -0.15) is 4.98 Å². The summed E-state index contributed by atoms with van der Waals surface area (Å²) in [5, 5.41) is 3.68. The smallest absolute Gasteiger partial charge is 0.224 e. The summed E-state index contributed by atoms with van der Waals surface area (Å²) in [5.74, 6) is 0.583. The second-order valence-corrected chi connectivity index (χ2v) is 4.35. The molecule has 2 rings (SSSR count). The SMILES string of the molecule is CC(=O)N1CC(Nc2nc(Cl)ncc2Cl)C1. The maximum absolute atomic E-state index is 11.0. The van der Waals surface area contributed by atoms with E-state index in [1.54, 1.807) is 11.8 Å². The molecule has 1 aliphatic heterocycles. The highest BCUT2D eigenvalue weighted by atomic mass is 35.5. The number of halogens is 2. The normalized spacial score (nSPS) is 15.8. The average molecular weight is 261 g/mol. The number of nitrogens with one attached hydrogen (secondary N) is 1. The van der Waals surface area contributed by atoms with Gasteiger partial charge in [0.15, 0.2) is 0 Å². The maximum Gasteiger partial charge on any atom is 0.224 e. The van der Waals surface area contributed by atoms with Crippen LogP contribution in [0.3, 0.4) is 0 Å². The topological polar surface area (TPSA) is 58.1 Å². The number of carbonyl (C=O) groups excluding carboxylic acids is 1. The zero-order valence-corrected chi connectivity index (χ0v) is 10.1. The number of aromatic nitrogens is 2. The van der Waals surface area contributed by atoms with Crippen molar-refractivity contribution in [2.75, 3.05) is 18.4 Å². The van der Waals surface area contributed by atoms with Gasteiger partial charge in [-0.25, -0.2) is 4.98 Å². The Morgan fingerprint density at radius 1 is 1.56 bits per heavy atom. The van der Waals surface area contributed by atoms with Crippen LogP contribution >= 0.6 is 23.2 Å². The molecule has 1 saturated heterocycles. The molecule has 16 heavy (non-hydrogen) atoms. The summed E-state index contributed by atoms with van der Waals surface area (Å²) in [6.07, 6.45) is 1.45. The highest BCUT2D eigenvalue weighted by molar-refractivity contribution is 6.33. The van der Waals surface area contributed by atoms with E-state index in [0.29, 0.717) is 23.9 Å². The molecule has 0 aromatic carbocycles. The van der Waals surface area contributed by atoms with Crippen LogP contribution in [0.5, 0.6) is 0 Å². The van der Waals surface area contributed by atoms with Crippen LogP contribution in [-0.4, -0.2) is 39.9 Å². The van der Waals surface area contributed by atoms with E-state index in [2.05, 4.69) is 15.3 Å². The molecule has 1 aliphatic rings. The zero-order valence-electron chi connectivity index (χ0n) is 8.57. The number of amides is 1. The Morgan fingerprint density at radius 2 is 2.25 bits per heavy atom. The average Bonchev–Trinajstić information content (AvgIpc) is 2.15. The van der Waals surface area contributed by atoms with Crippen LogP contribution < -0.4 is 5.32 Å². The van der Waals surface area contributed by atoms with E-state index < -0.39 is 0 Å². The van der Waals surface area contributed by atoms with Crippen molar-refractivity contribution in [1.82, 2.24) is 14.9 Å². The standard InChI is InChI=1S/C9H10Cl2N4O/c1-5(16)15-3-6(4-15)13-8-7(10)2-12-9(11)14-8/h2,6H,3-4H2,1H3,(H,12,13,14). The summed E-state index contributed by atoms with van der Waals surface area (Å²) in [7, 11) is 0. The molecule has 1 aromatic rings. The van der Waals surface area contributed by atoms with Crippen molar-refractivity contribution in [3.8, 4) is 0 Å². The van der Waals surface area contributed by atoms with Gasteiger partial charge < -0.3 is 10.2 Å². The third kappa shape index (κ3) is 2.36. The van der Waals surface area contributed by atoms with Gasteiger partial charge in [-0.15, -0.1) is 0 Å². The van der Waals surface area contributed by atoms with Gasteiger partial charge in [-0.1, -0.05) is 11.6 Å². The second-order valence-electron chi connectivity index (χ2n) is 3.60.